The van der Waals surface area contributed by atoms with Crippen molar-refractivity contribution in [2.75, 3.05) is 0 Å². The van der Waals surface area contributed by atoms with Gasteiger partial charge in [-0.25, -0.2) is 8.78 Å². The van der Waals surface area contributed by atoms with E-state index in [1.165, 1.54) is 18.2 Å². The van der Waals surface area contributed by atoms with Gasteiger partial charge in [0, 0.05) is 5.56 Å². The van der Waals surface area contributed by atoms with Crippen LogP contribution in [0.15, 0.2) is 18.2 Å². The van der Waals surface area contributed by atoms with E-state index in [0.717, 1.165) is 6.42 Å². The molecule has 0 spiro atoms. The quantitative estimate of drug-likeness (QED) is 0.676. The van der Waals surface area contributed by atoms with Crippen LogP contribution in [0.3, 0.4) is 0 Å². The summed E-state index contributed by atoms with van der Waals surface area (Å²) in [6.07, 6.45) is 0.737. The molecule has 84 valence electrons. The average Bonchev–Trinajstić information content (AvgIpc) is 2.09. The second-order valence-electron chi connectivity index (χ2n) is 4.96. The minimum Gasteiger partial charge on any atom is -0.207 e. The molecule has 0 nitrogen and oxygen atoms in total. The first-order valence-corrected chi connectivity index (χ1v) is 5.31. The second kappa shape index (κ2) is 4.30. The monoisotopic (exact) mass is 212 g/mol. The van der Waals surface area contributed by atoms with Gasteiger partial charge >= 0.3 is 0 Å². The Morgan fingerprint density at radius 2 is 1.60 bits per heavy atom. The van der Waals surface area contributed by atoms with Crippen LogP contribution >= 0.6 is 0 Å². The van der Waals surface area contributed by atoms with Crippen LogP contribution in [0, 0.1) is 17.0 Å². The summed E-state index contributed by atoms with van der Waals surface area (Å²) in [5.74, 6) is -0.952. The highest BCUT2D eigenvalue weighted by Gasteiger charge is 2.29. The van der Waals surface area contributed by atoms with Crippen LogP contribution in [0.1, 0.15) is 45.6 Å². The van der Waals surface area contributed by atoms with E-state index in [-0.39, 0.29) is 16.9 Å². The van der Waals surface area contributed by atoms with Gasteiger partial charge in [-0.2, -0.15) is 0 Å². The van der Waals surface area contributed by atoms with E-state index in [2.05, 4.69) is 0 Å². The summed E-state index contributed by atoms with van der Waals surface area (Å²) in [6.45, 7) is 7.98. The first-order chi connectivity index (χ1) is 6.88. The van der Waals surface area contributed by atoms with Gasteiger partial charge in [-0.05, 0) is 29.9 Å². The fourth-order valence-corrected chi connectivity index (χ4v) is 2.09. The summed E-state index contributed by atoms with van der Waals surface area (Å²) in [5, 5.41) is 0. The topological polar surface area (TPSA) is 0 Å². The Morgan fingerprint density at radius 3 is 1.93 bits per heavy atom. The van der Waals surface area contributed by atoms with E-state index in [9.17, 15) is 8.78 Å². The fraction of sp³-hybridized carbons (Fsp3) is 0.538. The molecule has 1 unspecified atom stereocenters. The molecule has 0 aliphatic carbocycles. The van der Waals surface area contributed by atoms with E-state index >= 15 is 0 Å². The van der Waals surface area contributed by atoms with Crippen LogP contribution in [0.2, 0.25) is 0 Å². The maximum absolute atomic E-state index is 13.6. The van der Waals surface area contributed by atoms with Crippen LogP contribution < -0.4 is 0 Å². The second-order valence-corrected chi connectivity index (χ2v) is 4.96. The molecule has 1 atom stereocenters. The van der Waals surface area contributed by atoms with E-state index < -0.39 is 11.6 Å². The highest BCUT2D eigenvalue weighted by Crippen LogP contribution is 2.39. The molecule has 0 amide bonds. The van der Waals surface area contributed by atoms with E-state index in [1.807, 2.05) is 27.7 Å². The van der Waals surface area contributed by atoms with E-state index in [1.54, 1.807) is 0 Å². The van der Waals surface area contributed by atoms with Crippen LogP contribution in [-0.4, -0.2) is 0 Å². The van der Waals surface area contributed by atoms with Gasteiger partial charge in [0.2, 0.25) is 0 Å². The van der Waals surface area contributed by atoms with Gasteiger partial charge in [-0.3, -0.25) is 0 Å². The van der Waals surface area contributed by atoms with Crippen molar-refractivity contribution in [3.05, 3.63) is 35.4 Å². The lowest BCUT2D eigenvalue weighted by Crippen LogP contribution is -2.20. The van der Waals surface area contributed by atoms with Crippen molar-refractivity contribution in [1.82, 2.24) is 0 Å². The molecule has 0 bridgehead atoms. The lowest BCUT2D eigenvalue weighted by molar-refractivity contribution is 0.297. The number of halogens is 2. The Hall–Kier alpha value is -0.920. The Labute approximate surface area is 90.3 Å². The highest BCUT2D eigenvalue weighted by atomic mass is 19.1. The zero-order chi connectivity index (χ0) is 11.6. The third-order valence-corrected chi connectivity index (χ3v) is 2.80. The summed E-state index contributed by atoms with van der Waals surface area (Å²) in [5.41, 5.74) is 0.102. The molecule has 0 fully saturated rings. The first-order valence-electron chi connectivity index (χ1n) is 5.31. The third-order valence-electron chi connectivity index (χ3n) is 2.80. The van der Waals surface area contributed by atoms with Crippen molar-refractivity contribution in [3.8, 4) is 0 Å². The van der Waals surface area contributed by atoms with Gasteiger partial charge in [-0.1, -0.05) is 33.8 Å². The van der Waals surface area contributed by atoms with Crippen LogP contribution in [0.5, 0.6) is 0 Å². The molecule has 0 N–H and O–H groups in total. The van der Waals surface area contributed by atoms with Crippen molar-refractivity contribution in [1.29, 1.82) is 0 Å². The van der Waals surface area contributed by atoms with Crippen molar-refractivity contribution in [2.45, 2.75) is 40.0 Å². The Kier molecular flexibility index (Phi) is 3.48. The van der Waals surface area contributed by atoms with Crippen LogP contribution in [0.25, 0.3) is 0 Å². The minimum absolute atomic E-state index is 0.0845. The summed E-state index contributed by atoms with van der Waals surface area (Å²) in [4.78, 5) is 0. The lowest BCUT2D eigenvalue weighted by atomic mass is 9.74. The molecular weight excluding hydrogens is 194 g/mol. The van der Waals surface area contributed by atoms with Crippen LogP contribution in [-0.2, 0) is 0 Å². The van der Waals surface area contributed by atoms with E-state index in [4.69, 9.17) is 0 Å². The zero-order valence-corrected chi connectivity index (χ0v) is 9.77. The van der Waals surface area contributed by atoms with Crippen LogP contribution in [0.4, 0.5) is 8.78 Å². The van der Waals surface area contributed by atoms with Crippen molar-refractivity contribution in [3.63, 3.8) is 0 Å². The SMILES string of the molecule is CCC(c1c(F)cccc1F)C(C)(C)C. The largest absolute Gasteiger partial charge is 0.207 e. The standard InChI is InChI=1S/C13H18F2/c1-5-9(13(2,3)4)12-10(14)7-6-8-11(12)15/h6-9H,5H2,1-4H3. The first kappa shape index (κ1) is 12.2. The smallest absolute Gasteiger partial charge is 0.129 e. The van der Waals surface area contributed by atoms with Crippen molar-refractivity contribution in [2.24, 2.45) is 5.41 Å². The molecule has 15 heavy (non-hydrogen) atoms. The minimum atomic E-state index is -0.434. The van der Waals surface area contributed by atoms with Crippen molar-refractivity contribution < 1.29 is 8.78 Å². The zero-order valence-electron chi connectivity index (χ0n) is 9.77. The van der Waals surface area contributed by atoms with Gasteiger partial charge in [0.1, 0.15) is 11.6 Å². The molecule has 0 saturated carbocycles. The number of hydrogen-bond donors (Lipinski definition) is 0. The molecule has 0 aliphatic rings. The van der Waals surface area contributed by atoms with Gasteiger partial charge in [-0.15, -0.1) is 0 Å². The summed E-state index contributed by atoms with van der Waals surface area (Å²) in [7, 11) is 0. The Bertz CT molecular complexity index is 317. The molecule has 0 heterocycles. The van der Waals surface area contributed by atoms with Gasteiger partial charge < -0.3 is 0 Å². The molecule has 2 heteroatoms. The number of rotatable bonds is 2. The number of hydrogen-bond acceptors (Lipinski definition) is 0. The summed E-state index contributed by atoms with van der Waals surface area (Å²) in [6, 6.07) is 4.06. The molecule has 0 aromatic heterocycles. The predicted molar refractivity (Wildman–Crippen MR) is 58.8 cm³/mol. The maximum atomic E-state index is 13.6. The molecule has 1 aromatic rings. The van der Waals surface area contributed by atoms with E-state index in [0.29, 0.717) is 0 Å². The van der Waals surface area contributed by atoms with Gasteiger partial charge in [0.05, 0.1) is 0 Å². The Balaban J connectivity index is 3.24. The van der Waals surface area contributed by atoms with Crippen molar-refractivity contribution >= 4 is 0 Å². The lowest BCUT2D eigenvalue weighted by Gasteiger charge is -2.30. The maximum Gasteiger partial charge on any atom is 0.129 e. The highest BCUT2D eigenvalue weighted by molar-refractivity contribution is 5.25. The fourth-order valence-electron chi connectivity index (χ4n) is 2.09. The number of benzene rings is 1. The predicted octanol–water partition coefficient (Wildman–Crippen LogP) is 4.50. The molecule has 1 aromatic carbocycles. The van der Waals surface area contributed by atoms with Gasteiger partial charge in [0.15, 0.2) is 0 Å². The molecular formula is C13H18F2. The third kappa shape index (κ3) is 2.55. The molecule has 0 radical (unpaired) electrons. The average molecular weight is 212 g/mol. The Morgan fingerprint density at radius 1 is 1.13 bits per heavy atom. The molecule has 0 aliphatic heterocycles. The normalized spacial score (nSPS) is 14.0. The summed E-state index contributed by atoms with van der Waals surface area (Å²) < 4.78 is 27.2. The molecule has 0 saturated heterocycles. The van der Waals surface area contributed by atoms with Gasteiger partial charge in [0.25, 0.3) is 0 Å². The molecule has 1 rings (SSSR count). The summed E-state index contributed by atoms with van der Waals surface area (Å²) >= 11 is 0.